The van der Waals surface area contributed by atoms with E-state index in [4.69, 9.17) is 40.6 Å². The number of hydrogen-bond donors (Lipinski definition) is 4. The van der Waals surface area contributed by atoms with Gasteiger partial charge in [-0.1, -0.05) is 24.3 Å². The molecule has 2 aliphatic carbocycles. The Balaban J connectivity index is 0.863. The van der Waals surface area contributed by atoms with E-state index in [-0.39, 0.29) is 17.6 Å². The predicted octanol–water partition coefficient (Wildman–Crippen LogP) is 4.79. The van der Waals surface area contributed by atoms with Gasteiger partial charge in [-0.05, 0) is 74.7 Å². The Labute approximate surface area is 307 Å². The second kappa shape index (κ2) is 17.6. The predicted molar refractivity (Wildman–Crippen MR) is 194 cm³/mol. The molecular weight excluding hydrogens is 690 g/mol. The number of ketones is 1. The summed E-state index contributed by atoms with van der Waals surface area (Å²) in [6.07, 6.45) is 13.1. The van der Waals surface area contributed by atoms with Crippen LogP contribution in [0.2, 0.25) is 0 Å². The second-order valence-electron chi connectivity index (χ2n) is 12.6. The van der Waals surface area contributed by atoms with Crippen molar-refractivity contribution < 1.29 is 47.9 Å². The second-order valence-corrected chi connectivity index (χ2v) is 13.0. The summed E-state index contributed by atoms with van der Waals surface area (Å²) >= 11 is 5.45. The summed E-state index contributed by atoms with van der Waals surface area (Å²) in [5.74, 6) is -0.721. The minimum atomic E-state index is -1.28. The number of nitrogens with one attached hydrogen (secondary N) is 3. The number of alkyl carbamates (subject to hydrolysis) is 1. The summed E-state index contributed by atoms with van der Waals surface area (Å²) in [6, 6.07) is 9.90. The van der Waals surface area contributed by atoms with Crippen molar-refractivity contribution in [2.75, 3.05) is 58.0 Å². The summed E-state index contributed by atoms with van der Waals surface area (Å²) < 4.78 is 34.3. The van der Waals surface area contributed by atoms with Crippen LogP contribution < -0.4 is 20.7 Å². The molecule has 2 aromatic carbocycles. The van der Waals surface area contributed by atoms with Crippen molar-refractivity contribution in [3.05, 3.63) is 89.2 Å². The monoisotopic (exact) mass is 733 g/mol. The first-order valence-electron chi connectivity index (χ1n) is 17.5. The van der Waals surface area contributed by atoms with Gasteiger partial charge < -0.3 is 49.5 Å². The quantitative estimate of drug-likeness (QED) is 0.0909. The largest absolute Gasteiger partial charge is 0.508 e. The number of rotatable bonds is 14. The molecule has 0 aromatic heterocycles. The van der Waals surface area contributed by atoms with E-state index >= 15 is 0 Å². The van der Waals surface area contributed by atoms with Crippen molar-refractivity contribution in [3.63, 3.8) is 0 Å². The topological polar surface area (TPSA) is 163 Å². The van der Waals surface area contributed by atoms with E-state index in [1.165, 1.54) is 24.3 Å². The number of carbonyl (C=O) groups excluding carboxylic acids is 3. The highest BCUT2D eigenvalue weighted by Crippen LogP contribution is 2.57. The minimum Gasteiger partial charge on any atom is -0.508 e. The molecule has 3 unspecified atom stereocenters. The molecule has 4 aliphatic rings. The van der Waals surface area contributed by atoms with Gasteiger partial charge in [-0.3, -0.25) is 4.79 Å². The highest BCUT2D eigenvalue weighted by Gasteiger charge is 2.57. The lowest BCUT2D eigenvalue weighted by atomic mass is 9.71. The molecular formula is C38H43N3O10S. The molecule has 0 saturated heterocycles. The molecule has 13 nitrogen and oxygen atoms in total. The van der Waals surface area contributed by atoms with Gasteiger partial charge in [0.1, 0.15) is 23.4 Å². The Bertz CT molecular complexity index is 1740. The van der Waals surface area contributed by atoms with Crippen LogP contribution in [-0.4, -0.2) is 86.9 Å². The third-order valence-electron chi connectivity index (χ3n) is 9.01. The maximum Gasteiger partial charge on any atom is 0.407 e. The van der Waals surface area contributed by atoms with Gasteiger partial charge in [0, 0.05) is 42.0 Å². The number of amides is 1. The zero-order chi connectivity index (χ0) is 36.3. The lowest BCUT2D eigenvalue weighted by molar-refractivity contribution is -0.111. The molecule has 276 valence electrons. The third-order valence-corrected chi connectivity index (χ3v) is 9.26. The van der Waals surface area contributed by atoms with Gasteiger partial charge in [0.25, 0.3) is 0 Å². The number of thiocarbonyl (C=S) groups is 1. The van der Waals surface area contributed by atoms with Gasteiger partial charge >= 0.3 is 12.1 Å². The average Bonchev–Trinajstić information content (AvgIpc) is 3.39. The van der Waals surface area contributed by atoms with E-state index in [9.17, 15) is 19.5 Å². The van der Waals surface area contributed by atoms with Gasteiger partial charge in [-0.15, -0.1) is 0 Å². The highest BCUT2D eigenvalue weighted by atomic mass is 32.1. The van der Waals surface area contributed by atoms with Crippen molar-refractivity contribution in [1.29, 1.82) is 0 Å². The molecule has 1 amide bonds. The summed E-state index contributed by atoms with van der Waals surface area (Å²) in [6.45, 7) is 3.19. The first-order chi connectivity index (χ1) is 25.3. The smallest absolute Gasteiger partial charge is 0.407 e. The molecule has 3 atom stereocenters. The van der Waals surface area contributed by atoms with Crippen LogP contribution in [0.15, 0.2) is 72.5 Å². The molecule has 2 aromatic rings. The van der Waals surface area contributed by atoms with E-state index in [2.05, 4.69) is 28.1 Å². The SMILES string of the molecule is O=C1C=CC2C(=C1)Oc1cc(O)ccc1C21OC(=O)c2cc(NC(=S)NCCOCCOCCOCCNC(=O)OC3CC/C=C/CCC3)ccc21. The average molecular weight is 734 g/mol. The molecule has 2 heterocycles. The van der Waals surface area contributed by atoms with E-state index < -0.39 is 23.6 Å². The van der Waals surface area contributed by atoms with Gasteiger partial charge in [0.05, 0.1) is 51.1 Å². The van der Waals surface area contributed by atoms with Crippen molar-refractivity contribution in [2.45, 2.75) is 43.8 Å². The summed E-state index contributed by atoms with van der Waals surface area (Å²) in [7, 11) is 0. The van der Waals surface area contributed by atoms with Crippen LogP contribution in [0.1, 0.15) is 53.6 Å². The fourth-order valence-corrected chi connectivity index (χ4v) is 6.83. The van der Waals surface area contributed by atoms with Gasteiger partial charge in [-0.2, -0.15) is 0 Å². The van der Waals surface area contributed by atoms with Crippen LogP contribution in [0.5, 0.6) is 11.5 Å². The number of hydrogen-bond acceptors (Lipinski definition) is 11. The van der Waals surface area contributed by atoms with Crippen LogP contribution in [-0.2, 0) is 34.1 Å². The zero-order valence-corrected chi connectivity index (χ0v) is 29.5. The number of phenolic OH excluding ortho intramolecular Hbond substituents is 1. The number of allylic oxidation sites excluding steroid dienone is 4. The Morgan fingerprint density at radius 2 is 1.63 bits per heavy atom. The summed E-state index contributed by atoms with van der Waals surface area (Å²) in [4.78, 5) is 37.5. The number of ether oxygens (including phenoxy) is 6. The van der Waals surface area contributed by atoms with Crippen molar-refractivity contribution >= 4 is 40.9 Å². The lowest BCUT2D eigenvalue weighted by Gasteiger charge is -2.42. The fourth-order valence-electron chi connectivity index (χ4n) is 6.61. The molecule has 0 bridgehead atoms. The Kier molecular flexibility index (Phi) is 12.6. The van der Waals surface area contributed by atoms with Crippen LogP contribution >= 0.6 is 12.2 Å². The van der Waals surface area contributed by atoms with Crippen LogP contribution in [0.3, 0.4) is 0 Å². The number of esters is 1. The molecule has 1 spiro atoms. The van der Waals surface area contributed by atoms with E-state index in [1.807, 2.05) is 0 Å². The van der Waals surface area contributed by atoms with E-state index in [0.717, 1.165) is 32.1 Å². The van der Waals surface area contributed by atoms with Crippen molar-refractivity contribution in [2.24, 2.45) is 5.92 Å². The molecule has 52 heavy (non-hydrogen) atoms. The molecule has 14 heteroatoms. The summed E-state index contributed by atoms with van der Waals surface area (Å²) in [5.41, 5.74) is 0.840. The van der Waals surface area contributed by atoms with Gasteiger partial charge in [0.2, 0.25) is 0 Å². The van der Waals surface area contributed by atoms with Gasteiger partial charge in [-0.25, -0.2) is 9.59 Å². The Morgan fingerprint density at radius 3 is 2.44 bits per heavy atom. The maximum absolute atomic E-state index is 13.3. The first kappa shape index (κ1) is 37.0. The summed E-state index contributed by atoms with van der Waals surface area (Å²) in [5, 5.41) is 19.4. The minimum absolute atomic E-state index is 0.0178. The molecule has 2 aliphatic heterocycles. The molecule has 0 fully saturated rings. The number of aromatic hydroxyl groups is 1. The Hall–Kier alpha value is -4.76. The normalized spacial score (nSPS) is 22.0. The molecule has 4 N–H and O–H groups in total. The standard InChI is InChI=1S/C38H43N3O10S/c42-26-9-12-31-33(23-26)50-34-24-27(43)10-13-32(34)38(31)30-11-8-25(22-29(30)35(44)51-38)41-36(52)39-14-16-46-18-20-48-21-19-47-17-15-40-37(45)49-28-6-4-2-1-3-5-7-28/h1-2,8-13,22-24,28,31,43H,3-7,14-21H2,(H,40,45)(H2,39,41,52)/b2-1+. The third kappa shape index (κ3) is 8.99. The first-order valence-corrected chi connectivity index (χ1v) is 17.9. The Morgan fingerprint density at radius 1 is 0.904 bits per heavy atom. The zero-order valence-electron chi connectivity index (χ0n) is 28.7. The fraction of sp³-hybridized carbons (Fsp3) is 0.421. The van der Waals surface area contributed by atoms with Crippen LogP contribution in [0, 0.1) is 5.92 Å². The molecule has 0 radical (unpaired) electrons. The van der Waals surface area contributed by atoms with E-state index in [1.54, 1.807) is 30.3 Å². The molecule has 0 saturated carbocycles. The lowest BCUT2D eigenvalue weighted by Crippen LogP contribution is -2.42. The van der Waals surface area contributed by atoms with Crippen molar-refractivity contribution in [1.82, 2.24) is 10.6 Å². The van der Waals surface area contributed by atoms with Crippen LogP contribution in [0.25, 0.3) is 0 Å². The van der Waals surface area contributed by atoms with Gasteiger partial charge in [0.15, 0.2) is 16.5 Å². The van der Waals surface area contributed by atoms with Crippen molar-refractivity contribution in [3.8, 4) is 11.5 Å². The number of phenols is 1. The maximum atomic E-state index is 13.3. The number of carbonyl (C=O) groups is 3. The van der Waals surface area contributed by atoms with Crippen LogP contribution in [0.4, 0.5) is 10.5 Å². The number of benzene rings is 2. The molecule has 6 rings (SSSR count). The number of fused-ring (bicyclic) bond motifs is 6. The highest BCUT2D eigenvalue weighted by molar-refractivity contribution is 7.80. The van der Waals surface area contributed by atoms with E-state index in [0.29, 0.717) is 91.7 Å². The number of anilines is 1.